The standard InChI is InChI=1S/C13H20N2O2S/c1-3-18(17)9-8-15-10-11-4-6-12(7-5-11)13(16)14-2/h4-7,15H,3,8-10H2,1-2H3,(H,14,16). The second-order valence-electron chi connectivity index (χ2n) is 3.89. The van der Waals surface area contributed by atoms with E-state index in [9.17, 15) is 9.00 Å². The molecule has 1 unspecified atom stereocenters. The third-order valence-electron chi connectivity index (χ3n) is 2.60. The van der Waals surface area contributed by atoms with Crippen molar-refractivity contribution in [2.75, 3.05) is 25.1 Å². The highest BCUT2D eigenvalue weighted by Crippen LogP contribution is 2.04. The molecule has 0 saturated heterocycles. The van der Waals surface area contributed by atoms with Gasteiger partial charge in [0.1, 0.15) is 0 Å². The Kier molecular flexibility index (Phi) is 6.60. The first-order valence-corrected chi connectivity index (χ1v) is 7.53. The van der Waals surface area contributed by atoms with Crippen molar-refractivity contribution in [1.29, 1.82) is 0 Å². The van der Waals surface area contributed by atoms with Gasteiger partial charge in [0.2, 0.25) is 0 Å². The second kappa shape index (κ2) is 8.00. The number of carbonyl (C=O) groups is 1. The second-order valence-corrected chi connectivity index (χ2v) is 5.75. The summed E-state index contributed by atoms with van der Waals surface area (Å²) in [6.07, 6.45) is 0. The van der Waals surface area contributed by atoms with Crippen molar-refractivity contribution < 1.29 is 9.00 Å². The van der Waals surface area contributed by atoms with E-state index in [-0.39, 0.29) is 5.91 Å². The Morgan fingerprint density at radius 1 is 1.28 bits per heavy atom. The molecule has 1 amide bonds. The van der Waals surface area contributed by atoms with Crippen LogP contribution in [0, 0.1) is 0 Å². The van der Waals surface area contributed by atoms with Crippen LogP contribution in [0.25, 0.3) is 0 Å². The van der Waals surface area contributed by atoms with Gasteiger partial charge in [0.25, 0.3) is 5.91 Å². The Bertz CT molecular complexity index is 404. The molecular formula is C13H20N2O2S. The van der Waals surface area contributed by atoms with E-state index in [1.54, 1.807) is 19.2 Å². The van der Waals surface area contributed by atoms with E-state index < -0.39 is 10.8 Å². The SMILES string of the molecule is CCS(=O)CCNCc1ccc(C(=O)NC)cc1. The van der Waals surface area contributed by atoms with Gasteiger partial charge in [0.05, 0.1) is 0 Å². The number of hydrogen-bond donors (Lipinski definition) is 2. The third-order valence-corrected chi connectivity index (χ3v) is 3.90. The van der Waals surface area contributed by atoms with Crippen molar-refractivity contribution >= 4 is 16.7 Å². The quantitative estimate of drug-likeness (QED) is 0.723. The van der Waals surface area contributed by atoms with Gasteiger partial charge in [-0.1, -0.05) is 19.1 Å². The Hall–Kier alpha value is -1.20. The fourth-order valence-corrected chi connectivity index (χ4v) is 2.14. The minimum atomic E-state index is -0.711. The number of hydrogen-bond acceptors (Lipinski definition) is 3. The summed E-state index contributed by atoms with van der Waals surface area (Å²) in [5, 5.41) is 5.82. The predicted octanol–water partition coefficient (Wildman–Crippen LogP) is 0.904. The molecule has 18 heavy (non-hydrogen) atoms. The Labute approximate surface area is 111 Å². The average Bonchev–Trinajstić information content (AvgIpc) is 2.43. The fraction of sp³-hybridized carbons (Fsp3) is 0.462. The smallest absolute Gasteiger partial charge is 0.251 e. The van der Waals surface area contributed by atoms with Gasteiger partial charge in [0, 0.05) is 48.0 Å². The van der Waals surface area contributed by atoms with Crippen molar-refractivity contribution in [2.24, 2.45) is 0 Å². The molecule has 4 nitrogen and oxygen atoms in total. The van der Waals surface area contributed by atoms with Crippen LogP contribution in [-0.4, -0.2) is 35.2 Å². The van der Waals surface area contributed by atoms with E-state index in [2.05, 4.69) is 10.6 Å². The molecule has 0 fully saturated rings. The van der Waals surface area contributed by atoms with Crippen molar-refractivity contribution in [3.8, 4) is 0 Å². The van der Waals surface area contributed by atoms with Crippen LogP contribution in [0.5, 0.6) is 0 Å². The molecule has 1 aromatic carbocycles. The van der Waals surface area contributed by atoms with Crippen LogP contribution in [0.3, 0.4) is 0 Å². The minimum Gasteiger partial charge on any atom is -0.355 e. The molecular weight excluding hydrogens is 248 g/mol. The zero-order valence-corrected chi connectivity index (χ0v) is 11.7. The van der Waals surface area contributed by atoms with Gasteiger partial charge in [-0.25, -0.2) is 0 Å². The normalized spacial score (nSPS) is 12.1. The van der Waals surface area contributed by atoms with Gasteiger partial charge < -0.3 is 10.6 Å². The van der Waals surface area contributed by atoms with Crippen molar-refractivity contribution in [3.63, 3.8) is 0 Å². The molecule has 100 valence electrons. The molecule has 0 aliphatic rings. The largest absolute Gasteiger partial charge is 0.355 e. The van der Waals surface area contributed by atoms with Crippen LogP contribution < -0.4 is 10.6 Å². The monoisotopic (exact) mass is 268 g/mol. The number of carbonyl (C=O) groups excluding carboxylic acids is 1. The summed E-state index contributed by atoms with van der Waals surface area (Å²) in [6, 6.07) is 7.46. The number of nitrogens with one attached hydrogen (secondary N) is 2. The summed E-state index contributed by atoms with van der Waals surface area (Å²) < 4.78 is 11.2. The van der Waals surface area contributed by atoms with Gasteiger partial charge in [-0.3, -0.25) is 9.00 Å². The molecule has 5 heteroatoms. The Morgan fingerprint density at radius 2 is 1.94 bits per heavy atom. The van der Waals surface area contributed by atoms with Gasteiger partial charge >= 0.3 is 0 Å². The lowest BCUT2D eigenvalue weighted by Crippen LogP contribution is -2.21. The molecule has 0 bridgehead atoms. The van der Waals surface area contributed by atoms with Crippen LogP contribution in [0.15, 0.2) is 24.3 Å². The lowest BCUT2D eigenvalue weighted by atomic mass is 10.1. The van der Waals surface area contributed by atoms with Crippen molar-refractivity contribution in [3.05, 3.63) is 35.4 Å². The molecule has 1 aromatic rings. The van der Waals surface area contributed by atoms with Crippen molar-refractivity contribution in [1.82, 2.24) is 10.6 Å². The molecule has 2 N–H and O–H groups in total. The van der Waals surface area contributed by atoms with E-state index >= 15 is 0 Å². The average molecular weight is 268 g/mol. The molecule has 0 heterocycles. The zero-order valence-electron chi connectivity index (χ0n) is 10.9. The minimum absolute atomic E-state index is 0.0761. The molecule has 0 aromatic heterocycles. The summed E-state index contributed by atoms with van der Waals surface area (Å²) in [5.41, 5.74) is 1.78. The van der Waals surface area contributed by atoms with E-state index in [0.717, 1.165) is 18.7 Å². The maximum absolute atomic E-state index is 11.3. The zero-order chi connectivity index (χ0) is 13.4. The molecule has 0 aliphatic carbocycles. The maximum Gasteiger partial charge on any atom is 0.251 e. The first kappa shape index (κ1) is 14.9. The lowest BCUT2D eigenvalue weighted by Gasteiger charge is -2.05. The van der Waals surface area contributed by atoms with Crippen LogP contribution >= 0.6 is 0 Å². The first-order chi connectivity index (χ1) is 8.67. The number of amides is 1. The van der Waals surface area contributed by atoms with Crippen molar-refractivity contribution in [2.45, 2.75) is 13.5 Å². The van der Waals surface area contributed by atoms with Gasteiger partial charge in [0.15, 0.2) is 0 Å². The number of benzene rings is 1. The van der Waals surface area contributed by atoms with Gasteiger partial charge in [-0.15, -0.1) is 0 Å². The highest BCUT2D eigenvalue weighted by molar-refractivity contribution is 7.84. The highest BCUT2D eigenvalue weighted by atomic mass is 32.2. The Morgan fingerprint density at radius 3 is 2.50 bits per heavy atom. The number of rotatable bonds is 7. The first-order valence-electron chi connectivity index (χ1n) is 6.04. The molecule has 0 aliphatic heterocycles. The molecule has 0 saturated carbocycles. The lowest BCUT2D eigenvalue weighted by molar-refractivity contribution is 0.0963. The van der Waals surface area contributed by atoms with Gasteiger partial charge in [-0.2, -0.15) is 0 Å². The van der Waals surface area contributed by atoms with Crippen LogP contribution in [0.1, 0.15) is 22.8 Å². The summed E-state index contributed by atoms with van der Waals surface area (Å²) in [7, 11) is 0.905. The predicted molar refractivity (Wildman–Crippen MR) is 75.1 cm³/mol. The molecule has 1 atom stereocenters. The third kappa shape index (κ3) is 4.98. The van der Waals surface area contributed by atoms with E-state index in [4.69, 9.17) is 0 Å². The van der Waals surface area contributed by atoms with E-state index in [1.807, 2.05) is 19.1 Å². The van der Waals surface area contributed by atoms with Crippen LogP contribution in [0.4, 0.5) is 0 Å². The molecule has 0 radical (unpaired) electrons. The summed E-state index contributed by atoms with van der Waals surface area (Å²) >= 11 is 0. The summed E-state index contributed by atoms with van der Waals surface area (Å²) in [5.74, 6) is 1.32. The summed E-state index contributed by atoms with van der Waals surface area (Å²) in [4.78, 5) is 11.3. The molecule has 1 rings (SSSR count). The fourth-order valence-electron chi connectivity index (χ4n) is 1.48. The van der Waals surface area contributed by atoms with Crippen LogP contribution in [-0.2, 0) is 17.3 Å². The van der Waals surface area contributed by atoms with Gasteiger partial charge in [-0.05, 0) is 17.7 Å². The maximum atomic E-state index is 11.3. The van der Waals surface area contributed by atoms with E-state index in [0.29, 0.717) is 17.1 Å². The summed E-state index contributed by atoms with van der Waals surface area (Å²) in [6.45, 7) is 3.40. The molecule has 0 spiro atoms. The van der Waals surface area contributed by atoms with Crippen LogP contribution in [0.2, 0.25) is 0 Å². The Balaban J connectivity index is 2.35. The van der Waals surface area contributed by atoms with E-state index in [1.165, 1.54) is 0 Å². The topological polar surface area (TPSA) is 58.2 Å². The highest BCUT2D eigenvalue weighted by Gasteiger charge is 2.02.